The SMILES string of the molecule is CC(C)(C)c1cc(N2c3cc(C4CCCCC4)ccc3B3c4ccc(C5CCCCC5)cc4N(c4cc(C(C)(C)C)cc(C(C)(C)C)c4)c4cc(-c5nc(-c6ccccc6)cc(-c6ccccc6)n5)cc2c43)cc(C(C)(C)C)c1. The molecule has 2 aliphatic carbocycles. The number of benzene rings is 7. The molecule has 0 radical (unpaired) electrons. The van der Waals surface area contributed by atoms with Gasteiger partial charge in [-0.2, -0.15) is 0 Å². The molecule has 4 aliphatic rings. The van der Waals surface area contributed by atoms with E-state index in [9.17, 15) is 0 Å². The second kappa shape index (κ2) is 20.1. The molecule has 0 bridgehead atoms. The van der Waals surface area contributed by atoms with Gasteiger partial charge in [-0.15, -0.1) is 0 Å². The van der Waals surface area contributed by atoms with E-state index in [-0.39, 0.29) is 28.4 Å². The van der Waals surface area contributed by atoms with Crippen molar-refractivity contribution in [1.29, 1.82) is 0 Å². The van der Waals surface area contributed by atoms with Gasteiger partial charge in [0.15, 0.2) is 5.82 Å². The van der Waals surface area contributed by atoms with Crippen LogP contribution in [0.15, 0.2) is 152 Å². The summed E-state index contributed by atoms with van der Waals surface area (Å²) in [5, 5.41) is 0. The van der Waals surface area contributed by atoms with Crippen LogP contribution in [0, 0.1) is 0 Å². The Morgan fingerprint density at radius 1 is 0.367 bits per heavy atom. The smallest absolute Gasteiger partial charge is 0.252 e. The average Bonchev–Trinajstić information content (AvgIpc) is 3.63. The van der Waals surface area contributed by atoms with E-state index < -0.39 is 0 Å². The van der Waals surface area contributed by atoms with E-state index in [4.69, 9.17) is 9.97 Å². The van der Waals surface area contributed by atoms with Gasteiger partial charge in [0, 0.05) is 50.8 Å². The predicted molar refractivity (Wildman–Crippen MR) is 339 cm³/mol. The second-order valence-corrected chi connectivity index (χ2v) is 28.1. The number of rotatable bonds is 7. The zero-order chi connectivity index (χ0) is 55.2. The van der Waals surface area contributed by atoms with Crippen molar-refractivity contribution in [3.05, 3.63) is 185 Å². The van der Waals surface area contributed by atoms with Gasteiger partial charge in [-0.3, -0.25) is 0 Å². The summed E-state index contributed by atoms with van der Waals surface area (Å²) in [5.74, 6) is 1.80. The molecule has 3 heterocycles. The largest absolute Gasteiger partial charge is 0.311 e. The van der Waals surface area contributed by atoms with Crippen LogP contribution in [0.25, 0.3) is 33.9 Å². The fourth-order valence-electron chi connectivity index (χ4n) is 13.4. The highest BCUT2D eigenvalue weighted by molar-refractivity contribution is 7.00. The highest BCUT2D eigenvalue weighted by Gasteiger charge is 2.45. The molecule has 4 nitrogen and oxygen atoms in total. The molecule has 79 heavy (non-hydrogen) atoms. The minimum atomic E-state index is -0.0868. The van der Waals surface area contributed by atoms with Gasteiger partial charge in [0.05, 0.1) is 11.4 Å². The van der Waals surface area contributed by atoms with E-state index in [1.165, 1.54) is 148 Å². The maximum atomic E-state index is 5.63. The van der Waals surface area contributed by atoms with Gasteiger partial charge in [0.25, 0.3) is 6.71 Å². The number of fused-ring (bicyclic) bond motifs is 4. The number of hydrogen-bond acceptors (Lipinski definition) is 4. The first-order chi connectivity index (χ1) is 37.7. The molecule has 1 aromatic heterocycles. The van der Waals surface area contributed by atoms with Crippen LogP contribution in [0.4, 0.5) is 34.1 Å². The number of aromatic nitrogens is 2. The molecule has 402 valence electrons. The zero-order valence-corrected chi connectivity index (χ0v) is 49.5. The summed E-state index contributed by atoms with van der Waals surface area (Å²) in [6.45, 7) is 28.5. The fraction of sp³-hybridized carbons (Fsp3) is 0.378. The minimum Gasteiger partial charge on any atom is -0.311 e. The third-order valence-corrected chi connectivity index (χ3v) is 18.2. The Balaban J connectivity index is 1.23. The highest BCUT2D eigenvalue weighted by Crippen LogP contribution is 2.50. The third kappa shape index (κ3) is 10.2. The molecular weight excluding hydrogens is 956 g/mol. The lowest BCUT2D eigenvalue weighted by atomic mass is 9.33. The maximum Gasteiger partial charge on any atom is 0.252 e. The van der Waals surface area contributed by atoms with Crippen molar-refractivity contribution in [2.45, 2.75) is 181 Å². The predicted octanol–water partition coefficient (Wildman–Crippen LogP) is 18.8. The van der Waals surface area contributed by atoms with E-state index in [2.05, 4.69) is 245 Å². The standard InChI is InChI=1S/C74H83BN4/c1-71(2,3)55-41-56(72(4,5)6)44-59(43-55)78-65-37-52(48-25-17-13-18-26-48)33-35-61(65)75-62-36-34-53(49-27-19-14-20-28-49)38-66(62)79(60-45-57(73(7,8)9)42-58(46-60)74(10,11)12)68-40-54(39-67(78)69(68)75)70-76-63(50-29-21-15-22-30-50)47-64(77-70)51-31-23-16-24-32-51/h15-16,21-24,29-49H,13-14,17-20,25-28H2,1-12H3. The number of hydrogen-bond donors (Lipinski definition) is 0. The average molecular weight is 1040 g/mol. The molecular formula is C74H83BN4. The monoisotopic (exact) mass is 1040 g/mol. The summed E-state index contributed by atoms with van der Waals surface area (Å²) in [4.78, 5) is 16.6. The van der Waals surface area contributed by atoms with Crippen molar-refractivity contribution in [1.82, 2.24) is 9.97 Å². The normalized spacial score (nSPS) is 16.2. The first-order valence-corrected chi connectivity index (χ1v) is 30.1. The van der Waals surface area contributed by atoms with Gasteiger partial charge in [0.1, 0.15) is 0 Å². The molecule has 7 aromatic carbocycles. The Morgan fingerprint density at radius 2 is 0.734 bits per heavy atom. The molecule has 8 aromatic rings. The van der Waals surface area contributed by atoms with Gasteiger partial charge in [-0.05, 0) is 164 Å². The molecule has 5 heteroatoms. The maximum absolute atomic E-state index is 5.63. The quantitative estimate of drug-likeness (QED) is 0.149. The summed E-state index contributed by atoms with van der Waals surface area (Å²) < 4.78 is 0. The van der Waals surface area contributed by atoms with Crippen LogP contribution in [-0.2, 0) is 21.7 Å². The number of anilines is 6. The van der Waals surface area contributed by atoms with Crippen molar-refractivity contribution in [3.8, 4) is 33.9 Å². The van der Waals surface area contributed by atoms with Crippen LogP contribution in [-0.4, -0.2) is 16.7 Å². The third-order valence-electron chi connectivity index (χ3n) is 18.2. The van der Waals surface area contributed by atoms with Crippen molar-refractivity contribution >= 4 is 57.2 Å². The van der Waals surface area contributed by atoms with Crippen molar-refractivity contribution in [2.75, 3.05) is 9.80 Å². The van der Waals surface area contributed by atoms with Crippen LogP contribution in [0.2, 0.25) is 0 Å². The van der Waals surface area contributed by atoms with Crippen molar-refractivity contribution in [2.24, 2.45) is 0 Å². The lowest BCUT2D eigenvalue weighted by Crippen LogP contribution is -2.61. The summed E-state index contributed by atoms with van der Waals surface area (Å²) in [6.07, 6.45) is 12.8. The first kappa shape index (κ1) is 53.0. The lowest BCUT2D eigenvalue weighted by molar-refractivity contribution is 0.444. The number of nitrogens with zero attached hydrogens (tertiary/aromatic N) is 4. The molecule has 2 aliphatic heterocycles. The van der Waals surface area contributed by atoms with E-state index in [0.717, 1.165) is 33.9 Å². The minimum absolute atomic E-state index is 0.0189. The molecule has 0 spiro atoms. The summed E-state index contributed by atoms with van der Waals surface area (Å²) in [6, 6.07) is 58.9. The van der Waals surface area contributed by atoms with Crippen LogP contribution in [0.1, 0.15) is 193 Å². The van der Waals surface area contributed by atoms with Gasteiger partial charge in [0.2, 0.25) is 0 Å². The Morgan fingerprint density at radius 3 is 1.09 bits per heavy atom. The zero-order valence-electron chi connectivity index (χ0n) is 49.5. The fourth-order valence-corrected chi connectivity index (χ4v) is 13.4. The molecule has 2 saturated carbocycles. The molecule has 0 N–H and O–H groups in total. The molecule has 0 atom stereocenters. The Hall–Kier alpha value is -6.72. The Bertz CT molecular complexity index is 3280. The molecule has 0 saturated heterocycles. The molecule has 0 amide bonds. The molecule has 0 unspecified atom stereocenters. The van der Waals surface area contributed by atoms with Crippen LogP contribution in [0.5, 0.6) is 0 Å². The van der Waals surface area contributed by atoms with Crippen molar-refractivity contribution in [3.63, 3.8) is 0 Å². The van der Waals surface area contributed by atoms with Crippen LogP contribution < -0.4 is 26.2 Å². The van der Waals surface area contributed by atoms with Gasteiger partial charge in [-0.1, -0.05) is 219 Å². The lowest BCUT2D eigenvalue weighted by Gasteiger charge is -2.45. The molecule has 2 fully saturated rings. The second-order valence-electron chi connectivity index (χ2n) is 28.1. The van der Waals surface area contributed by atoms with E-state index >= 15 is 0 Å². The first-order valence-electron chi connectivity index (χ1n) is 30.1. The van der Waals surface area contributed by atoms with Gasteiger partial charge in [-0.25, -0.2) is 9.97 Å². The van der Waals surface area contributed by atoms with Crippen molar-refractivity contribution < 1.29 is 0 Å². The van der Waals surface area contributed by atoms with Gasteiger partial charge < -0.3 is 9.80 Å². The summed E-state index contributed by atoms with van der Waals surface area (Å²) in [7, 11) is 0. The van der Waals surface area contributed by atoms with Gasteiger partial charge >= 0.3 is 0 Å². The summed E-state index contributed by atoms with van der Waals surface area (Å²) in [5.41, 5.74) is 24.4. The van der Waals surface area contributed by atoms with Crippen LogP contribution >= 0.6 is 0 Å². The van der Waals surface area contributed by atoms with E-state index in [0.29, 0.717) is 11.8 Å². The Kier molecular flexibility index (Phi) is 13.5. The van der Waals surface area contributed by atoms with Crippen LogP contribution in [0.3, 0.4) is 0 Å². The Labute approximate surface area is 474 Å². The summed E-state index contributed by atoms with van der Waals surface area (Å²) >= 11 is 0. The van der Waals surface area contributed by atoms with E-state index in [1.54, 1.807) is 0 Å². The topological polar surface area (TPSA) is 32.3 Å². The molecule has 12 rings (SSSR count). The highest BCUT2D eigenvalue weighted by atomic mass is 15.2. The van der Waals surface area contributed by atoms with E-state index in [1.807, 2.05) is 0 Å².